The second-order valence-corrected chi connectivity index (χ2v) is 10.3. The minimum atomic E-state index is -1.44. The Labute approximate surface area is 273 Å². The van der Waals surface area contributed by atoms with Crippen molar-refractivity contribution >= 4 is 64.1 Å². The number of anilines is 3. The van der Waals surface area contributed by atoms with Gasteiger partial charge in [-0.05, 0) is 42.8 Å². The van der Waals surface area contributed by atoms with Crippen LogP contribution in [0.4, 0.5) is 21.7 Å². The molecule has 3 heterocycles. The van der Waals surface area contributed by atoms with Gasteiger partial charge in [0.05, 0.1) is 29.7 Å². The van der Waals surface area contributed by atoms with Crippen LogP contribution in [0.3, 0.4) is 0 Å². The van der Waals surface area contributed by atoms with Crippen LogP contribution in [0.1, 0.15) is 52.1 Å². The van der Waals surface area contributed by atoms with Crippen LogP contribution < -0.4 is 26.8 Å². The summed E-state index contributed by atoms with van der Waals surface area (Å²) >= 11 is 0. The molecule has 4 aromatic rings. The quantitative estimate of drug-likeness (QED) is 0.109. The number of rotatable bonds is 11. The molecule has 3 amide bonds. The summed E-state index contributed by atoms with van der Waals surface area (Å²) in [5, 5.41) is 31.9. The predicted octanol–water partition coefficient (Wildman–Crippen LogP) is 1.13. The zero-order chi connectivity index (χ0) is 35.8. The summed E-state index contributed by atoms with van der Waals surface area (Å²) in [7, 11) is 0. The number of aromatic amines is 1. The summed E-state index contributed by atoms with van der Waals surface area (Å²) < 4.78 is 13.8. The molecule has 5 rings (SSSR count). The number of benzene rings is 2. The molecule has 254 valence electrons. The van der Waals surface area contributed by atoms with E-state index in [2.05, 4.69) is 30.6 Å². The van der Waals surface area contributed by atoms with Gasteiger partial charge < -0.3 is 31.7 Å². The summed E-state index contributed by atoms with van der Waals surface area (Å²) in [4.78, 5) is 94.8. The first-order valence-corrected chi connectivity index (χ1v) is 14.2. The van der Waals surface area contributed by atoms with Crippen LogP contribution in [0.15, 0.2) is 53.5 Å². The van der Waals surface area contributed by atoms with Gasteiger partial charge in [0.25, 0.3) is 11.5 Å². The summed E-state index contributed by atoms with van der Waals surface area (Å²) in [6, 6.07) is 8.44. The minimum absolute atomic E-state index is 0.0234. The number of H-pyrrole nitrogens is 1. The molecule has 1 atom stereocenters. The Morgan fingerprint density at radius 3 is 2.27 bits per heavy atom. The number of nitrogens with one attached hydrogen (secondary N) is 3. The molecule has 18 nitrogen and oxygen atoms in total. The van der Waals surface area contributed by atoms with Crippen LogP contribution in [0.25, 0.3) is 11.2 Å². The third kappa shape index (κ3) is 8.73. The van der Waals surface area contributed by atoms with Crippen molar-refractivity contribution in [2.45, 2.75) is 38.3 Å². The number of carbonyl (C=O) groups excluding carboxylic acids is 3. The molecular formula is C30H27FN8O10. The molecule has 19 heteroatoms. The van der Waals surface area contributed by atoms with Crippen molar-refractivity contribution in [1.82, 2.24) is 25.3 Å². The van der Waals surface area contributed by atoms with Gasteiger partial charge in [-0.1, -0.05) is 6.07 Å². The molecule has 1 fully saturated rings. The SMILES string of the molecule is Nc1nc2ncc(CNc3ccc(C(=O)NC(CCC(=O)O)C(=O)O)cc3)nc2c(=O)[nH]1.O=C(O)c1cccc(N2C(=O)CCC2=O)c1F. The second kappa shape index (κ2) is 15.2. The maximum Gasteiger partial charge on any atom is 0.338 e. The Morgan fingerprint density at radius 1 is 0.980 bits per heavy atom. The number of halogens is 1. The van der Waals surface area contributed by atoms with E-state index in [0.717, 1.165) is 6.07 Å². The molecule has 0 aliphatic carbocycles. The summed E-state index contributed by atoms with van der Waals surface area (Å²) in [5.41, 5.74) is 5.62. The largest absolute Gasteiger partial charge is 0.481 e. The fraction of sp³-hybridized carbons (Fsp3) is 0.200. The van der Waals surface area contributed by atoms with Gasteiger partial charge in [0.15, 0.2) is 17.0 Å². The molecule has 0 spiro atoms. The number of amides is 3. The molecule has 1 unspecified atom stereocenters. The molecule has 1 aliphatic heterocycles. The van der Waals surface area contributed by atoms with E-state index < -0.39 is 58.6 Å². The van der Waals surface area contributed by atoms with Crippen LogP contribution in [-0.4, -0.2) is 76.9 Å². The molecular weight excluding hydrogens is 651 g/mol. The van der Waals surface area contributed by atoms with E-state index in [1.807, 2.05) is 0 Å². The van der Waals surface area contributed by atoms with Gasteiger partial charge in [-0.15, -0.1) is 0 Å². The van der Waals surface area contributed by atoms with Crippen LogP contribution in [-0.2, 0) is 25.7 Å². The van der Waals surface area contributed by atoms with E-state index in [0.29, 0.717) is 16.3 Å². The molecule has 1 saturated heterocycles. The highest BCUT2D eigenvalue weighted by atomic mass is 19.1. The Balaban J connectivity index is 0.000000266. The number of aromatic nitrogens is 4. The van der Waals surface area contributed by atoms with E-state index in [9.17, 15) is 38.0 Å². The molecule has 0 radical (unpaired) electrons. The van der Waals surface area contributed by atoms with Crippen molar-refractivity contribution in [3.63, 3.8) is 0 Å². The van der Waals surface area contributed by atoms with Crippen LogP contribution >= 0.6 is 0 Å². The maximum absolute atomic E-state index is 13.8. The van der Waals surface area contributed by atoms with E-state index in [1.54, 1.807) is 12.1 Å². The van der Waals surface area contributed by atoms with Gasteiger partial charge in [0.2, 0.25) is 17.8 Å². The third-order valence-electron chi connectivity index (χ3n) is 6.86. The van der Waals surface area contributed by atoms with Crippen LogP contribution in [0.2, 0.25) is 0 Å². The first kappa shape index (κ1) is 35.1. The van der Waals surface area contributed by atoms with Gasteiger partial charge in [-0.25, -0.2) is 28.8 Å². The standard InChI is InChI=1S/C19H19N7O6.C11H8FNO4/c20-19-25-15-14(17(30)26-19)23-11(8-22-15)7-21-10-3-1-9(2-4-10)16(29)24-12(18(31)32)5-6-13(27)28;12-10-6(11(16)17)2-1-3-7(10)13-8(14)4-5-9(13)15/h1-4,8,12,21H,5-7H2,(H,24,29)(H,27,28)(H,31,32)(H3,20,22,25,26,30);1-3H,4-5H2,(H,16,17). The number of carboxylic acid groups (broad SMARTS) is 3. The van der Waals surface area contributed by atoms with Crippen molar-refractivity contribution in [3.05, 3.63) is 81.7 Å². The smallest absolute Gasteiger partial charge is 0.338 e. The number of aromatic carboxylic acids is 1. The second-order valence-electron chi connectivity index (χ2n) is 10.3. The highest BCUT2D eigenvalue weighted by molar-refractivity contribution is 6.20. The van der Waals surface area contributed by atoms with Gasteiger partial charge in [0.1, 0.15) is 6.04 Å². The molecule has 1 aliphatic rings. The Kier molecular flexibility index (Phi) is 10.9. The minimum Gasteiger partial charge on any atom is -0.481 e. The third-order valence-corrected chi connectivity index (χ3v) is 6.86. The Hall–Kier alpha value is -6.79. The molecule has 2 aromatic carbocycles. The molecule has 49 heavy (non-hydrogen) atoms. The Bertz CT molecular complexity index is 2000. The van der Waals surface area contributed by atoms with Crippen LogP contribution in [0.5, 0.6) is 0 Å². The van der Waals surface area contributed by atoms with Gasteiger partial charge in [-0.2, -0.15) is 4.98 Å². The number of nitrogen functional groups attached to an aromatic ring is 1. The lowest BCUT2D eigenvalue weighted by molar-refractivity contribution is -0.140. The zero-order valence-corrected chi connectivity index (χ0v) is 25.2. The van der Waals surface area contributed by atoms with Gasteiger partial charge in [0, 0.05) is 30.5 Å². The average Bonchev–Trinajstić information content (AvgIpc) is 3.39. The summed E-state index contributed by atoms with van der Waals surface area (Å²) in [6.07, 6.45) is 0.887. The van der Waals surface area contributed by atoms with Crippen molar-refractivity contribution in [2.75, 3.05) is 16.0 Å². The highest BCUT2D eigenvalue weighted by Gasteiger charge is 2.33. The lowest BCUT2D eigenvalue weighted by Crippen LogP contribution is -2.41. The van der Waals surface area contributed by atoms with Crippen molar-refractivity contribution in [2.24, 2.45) is 0 Å². The predicted molar refractivity (Wildman–Crippen MR) is 167 cm³/mol. The fourth-order valence-electron chi connectivity index (χ4n) is 4.46. The monoisotopic (exact) mass is 678 g/mol. The van der Waals surface area contributed by atoms with E-state index in [-0.39, 0.29) is 60.6 Å². The first-order valence-electron chi connectivity index (χ1n) is 14.2. The lowest BCUT2D eigenvalue weighted by atomic mass is 10.1. The normalized spacial score (nSPS) is 13.0. The number of imide groups is 1. The first-order chi connectivity index (χ1) is 23.2. The summed E-state index contributed by atoms with van der Waals surface area (Å²) in [6.45, 7) is 0.231. The lowest BCUT2D eigenvalue weighted by Gasteiger charge is -2.15. The van der Waals surface area contributed by atoms with Crippen molar-refractivity contribution in [1.29, 1.82) is 0 Å². The number of nitrogens with two attached hydrogens (primary N) is 1. The van der Waals surface area contributed by atoms with Gasteiger partial charge in [-0.3, -0.25) is 29.0 Å². The zero-order valence-electron chi connectivity index (χ0n) is 25.2. The number of carbonyl (C=O) groups is 6. The molecule has 8 N–H and O–H groups in total. The molecule has 0 saturated carbocycles. The highest BCUT2D eigenvalue weighted by Crippen LogP contribution is 2.27. The molecule has 0 bridgehead atoms. The number of nitrogens with zero attached hydrogens (tertiary/aromatic N) is 4. The average molecular weight is 679 g/mol. The van der Waals surface area contributed by atoms with E-state index >= 15 is 0 Å². The Morgan fingerprint density at radius 2 is 1.65 bits per heavy atom. The number of carboxylic acids is 3. The fourth-order valence-corrected chi connectivity index (χ4v) is 4.46. The number of hydrogen-bond donors (Lipinski definition) is 7. The topological polar surface area (TPSA) is 288 Å². The van der Waals surface area contributed by atoms with E-state index in [1.165, 1.54) is 30.5 Å². The van der Waals surface area contributed by atoms with E-state index in [4.69, 9.17) is 21.1 Å². The number of hydrogen-bond acceptors (Lipinski definition) is 12. The number of aliphatic carboxylic acids is 2. The van der Waals surface area contributed by atoms with Crippen LogP contribution in [0, 0.1) is 5.82 Å². The molecule has 2 aromatic heterocycles. The maximum atomic E-state index is 13.8. The number of fused-ring (bicyclic) bond motifs is 1. The van der Waals surface area contributed by atoms with Crippen molar-refractivity contribution in [3.8, 4) is 0 Å². The summed E-state index contributed by atoms with van der Waals surface area (Å²) in [5.74, 6) is -6.70. The van der Waals surface area contributed by atoms with Gasteiger partial charge >= 0.3 is 17.9 Å². The van der Waals surface area contributed by atoms with Crippen molar-refractivity contribution < 1.29 is 48.5 Å².